The molecule has 7 heteroatoms. The van der Waals surface area contributed by atoms with Crippen molar-refractivity contribution in [3.8, 4) is 0 Å². The summed E-state index contributed by atoms with van der Waals surface area (Å²) in [6.07, 6.45) is 3.02. The van der Waals surface area contributed by atoms with Gasteiger partial charge in [0, 0.05) is 11.9 Å². The van der Waals surface area contributed by atoms with E-state index in [9.17, 15) is 13.4 Å². The van der Waals surface area contributed by atoms with Crippen LogP contribution < -0.4 is 5.32 Å². The molecule has 0 saturated carbocycles. The second-order valence-corrected chi connectivity index (χ2v) is 6.75. The van der Waals surface area contributed by atoms with E-state index in [2.05, 4.69) is 10.3 Å². The quantitative estimate of drug-likeness (QED) is 0.790. The van der Waals surface area contributed by atoms with Crippen LogP contribution in [0.3, 0.4) is 0 Å². The Balaban J connectivity index is 1.82. The molecule has 0 saturated heterocycles. The maximum absolute atomic E-state index is 13.9. The third kappa shape index (κ3) is 3.07. The Hall–Kier alpha value is -2.54. The molecule has 3 rings (SSSR count). The van der Waals surface area contributed by atoms with E-state index in [1.165, 1.54) is 24.5 Å². The number of hydrogen-bond acceptors (Lipinski definition) is 3. The summed E-state index contributed by atoms with van der Waals surface area (Å²) in [7, 11) is -1.41. The van der Waals surface area contributed by atoms with Gasteiger partial charge in [-0.2, -0.15) is 0 Å². The molecule has 2 atom stereocenters. The van der Waals surface area contributed by atoms with Crippen LogP contribution in [0, 0.1) is 5.82 Å². The number of aromatic nitrogens is 2. The molecule has 24 heavy (non-hydrogen) atoms. The molecule has 124 valence electrons. The molecule has 0 aliphatic carbocycles. The topological polar surface area (TPSA) is 64.0 Å². The maximum atomic E-state index is 13.9. The van der Waals surface area contributed by atoms with E-state index in [-0.39, 0.29) is 10.8 Å². The first-order valence-corrected chi connectivity index (χ1v) is 8.88. The standard InChI is InChI=1S/C17H16FN3O2S/c1-11(21-10-19-14-5-3-4-6-15(14)21)17(22)20-12-7-8-16(24(2)23)13(18)9-12/h3-11H,1-2H3,(H,20,22)/t11-,24-/m1/s1. The van der Waals surface area contributed by atoms with E-state index < -0.39 is 22.7 Å². The Bertz CT molecular complexity index is 938. The number of hydrogen-bond donors (Lipinski definition) is 1. The zero-order chi connectivity index (χ0) is 17.3. The summed E-state index contributed by atoms with van der Waals surface area (Å²) in [4.78, 5) is 16.8. The number of amides is 1. The second kappa shape index (κ2) is 6.52. The number of imidazole rings is 1. The highest BCUT2D eigenvalue weighted by atomic mass is 32.2. The third-order valence-corrected chi connectivity index (χ3v) is 4.74. The minimum absolute atomic E-state index is 0.113. The minimum Gasteiger partial charge on any atom is -0.324 e. The van der Waals surface area contributed by atoms with E-state index in [0.717, 1.165) is 11.0 Å². The van der Waals surface area contributed by atoms with E-state index in [0.29, 0.717) is 5.69 Å². The highest BCUT2D eigenvalue weighted by Crippen LogP contribution is 2.21. The number of benzene rings is 2. The van der Waals surface area contributed by atoms with Crippen molar-refractivity contribution in [3.05, 3.63) is 54.6 Å². The molecule has 0 fully saturated rings. The number of anilines is 1. The number of para-hydroxylation sites is 2. The lowest BCUT2D eigenvalue weighted by molar-refractivity contribution is -0.118. The van der Waals surface area contributed by atoms with Gasteiger partial charge in [0.15, 0.2) is 0 Å². The lowest BCUT2D eigenvalue weighted by atomic mass is 10.2. The van der Waals surface area contributed by atoms with Crippen LogP contribution in [-0.2, 0) is 15.6 Å². The Morgan fingerprint density at radius 1 is 1.29 bits per heavy atom. The van der Waals surface area contributed by atoms with Gasteiger partial charge in [-0.15, -0.1) is 0 Å². The number of nitrogens with one attached hydrogen (secondary N) is 1. The van der Waals surface area contributed by atoms with Crippen molar-refractivity contribution in [2.75, 3.05) is 11.6 Å². The van der Waals surface area contributed by atoms with Crippen molar-refractivity contribution < 1.29 is 13.4 Å². The molecular formula is C17H16FN3O2S. The highest BCUT2D eigenvalue weighted by molar-refractivity contribution is 7.84. The van der Waals surface area contributed by atoms with Crippen LogP contribution in [0.4, 0.5) is 10.1 Å². The molecule has 0 aliphatic rings. The first kappa shape index (κ1) is 16.3. The number of nitrogens with zero attached hydrogens (tertiary/aromatic N) is 2. The van der Waals surface area contributed by atoms with Gasteiger partial charge in [0.1, 0.15) is 11.9 Å². The van der Waals surface area contributed by atoms with Crippen molar-refractivity contribution in [2.45, 2.75) is 17.9 Å². The van der Waals surface area contributed by atoms with Crippen LogP contribution in [0.25, 0.3) is 11.0 Å². The number of fused-ring (bicyclic) bond motifs is 1. The minimum atomic E-state index is -1.41. The SMILES string of the molecule is C[C@H](C(=O)Nc1ccc([S@@](C)=O)c(F)c1)n1cnc2ccccc21. The molecule has 0 spiro atoms. The molecule has 1 heterocycles. The number of carbonyl (C=O) groups is 1. The zero-order valence-electron chi connectivity index (χ0n) is 13.2. The molecule has 0 aliphatic heterocycles. The number of rotatable bonds is 4. The van der Waals surface area contributed by atoms with E-state index >= 15 is 0 Å². The van der Waals surface area contributed by atoms with Crippen molar-refractivity contribution in [3.63, 3.8) is 0 Å². The summed E-state index contributed by atoms with van der Waals surface area (Å²) in [5, 5.41) is 2.68. The fourth-order valence-electron chi connectivity index (χ4n) is 2.47. The highest BCUT2D eigenvalue weighted by Gasteiger charge is 2.18. The Kier molecular flexibility index (Phi) is 4.44. The molecule has 1 aromatic heterocycles. The van der Waals surface area contributed by atoms with Crippen molar-refractivity contribution in [1.82, 2.24) is 9.55 Å². The van der Waals surface area contributed by atoms with Crippen molar-refractivity contribution in [2.24, 2.45) is 0 Å². The summed E-state index contributed by atoms with van der Waals surface area (Å²) < 4.78 is 27.0. The lowest BCUT2D eigenvalue weighted by Gasteiger charge is -2.15. The normalized spacial score (nSPS) is 13.6. The zero-order valence-corrected chi connectivity index (χ0v) is 14.0. The molecule has 1 N–H and O–H groups in total. The van der Waals surface area contributed by atoms with Gasteiger partial charge >= 0.3 is 0 Å². The van der Waals surface area contributed by atoms with E-state index in [1.54, 1.807) is 17.8 Å². The summed E-state index contributed by atoms with van der Waals surface area (Å²) in [6, 6.07) is 11.1. The first-order valence-electron chi connectivity index (χ1n) is 7.33. The lowest BCUT2D eigenvalue weighted by Crippen LogP contribution is -2.23. The van der Waals surface area contributed by atoms with Gasteiger partial charge in [-0.1, -0.05) is 12.1 Å². The molecule has 0 bridgehead atoms. The molecule has 2 aromatic carbocycles. The van der Waals surface area contributed by atoms with Gasteiger partial charge in [-0.05, 0) is 37.3 Å². The monoisotopic (exact) mass is 345 g/mol. The van der Waals surface area contributed by atoms with E-state index in [1.807, 2.05) is 24.3 Å². The number of carbonyl (C=O) groups excluding carboxylic acids is 1. The largest absolute Gasteiger partial charge is 0.324 e. The van der Waals surface area contributed by atoms with Crippen LogP contribution in [0.1, 0.15) is 13.0 Å². The summed E-state index contributed by atoms with van der Waals surface area (Å²) >= 11 is 0. The molecule has 3 aromatic rings. The number of halogens is 1. The fraction of sp³-hybridized carbons (Fsp3) is 0.176. The Morgan fingerprint density at radius 2 is 2.04 bits per heavy atom. The van der Waals surface area contributed by atoms with Crippen LogP contribution in [0.2, 0.25) is 0 Å². The molecule has 1 amide bonds. The molecule has 0 unspecified atom stereocenters. The van der Waals surface area contributed by atoms with Gasteiger partial charge < -0.3 is 9.88 Å². The smallest absolute Gasteiger partial charge is 0.247 e. The van der Waals surface area contributed by atoms with Gasteiger partial charge in [0.2, 0.25) is 5.91 Å². The van der Waals surface area contributed by atoms with Gasteiger partial charge in [0.05, 0.1) is 33.1 Å². The summed E-state index contributed by atoms with van der Waals surface area (Å²) in [5.41, 5.74) is 1.98. The molecule has 5 nitrogen and oxygen atoms in total. The predicted octanol–water partition coefficient (Wildman–Crippen LogP) is 3.11. The second-order valence-electron chi connectivity index (χ2n) is 5.41. The first-order chi connectivity index (χ1) is 11.5. The van der Waals surface area contributed by atoms with Crippen molar-refractivity contribution in [1.29, 1.82) is 0 Å². The average molecular weight is 345 g/mol. The van der Waals surface area contributed by atoms with Crippen LogP contribution in [0.5, 0.6) is 0 Å². The Morgan fingerprint density at radius 3 is 2.75 bits per heavy atom. The van der Waals surface area contributed by atoms with Gasteiger partial charge in [-0.3, -0.25) is 9.00 Å². The van der Waals surface area contributed by atoms with Gasteiger partial charge in [-0.25, -0.2) is 9.37 Å². The van der Waals surface area contributed by atoms with Crippen LogP contribution in [-0.4, -0.2) is 25.9 Å². The average Bonchev–Trinajstić information content (AvgIpc) is 2.97. The van der Waals surface area contributed by atoms with Gasteiger partial charge in [0.25, 0.3) is 0 Å². The van der Waals surface area contributed by atoms with E-state index in [4.69, 9.17) is 0 Å². The van der Waals surface area contributed by atoms with Crippen molar-refractivity contribution >= 4 is 33.4 Å². The third-order valence-electron chi connectivity index (χ3n) is 3.79. The Labute approximate surface area is 141 Å². The molecular weight excluding hydrogens is 329 g/mol. The van der Waals surface area contributed by atoms with Crippen LogP contribution >= 0.6 is 0 Å². The fourth-order valence-corrected chi connectivity index (χ4v) is 3.06. The molecule has 0 radical (unpaired) electrons. The van der Waals surface area contributed by atoms with Crippen LogP contribution in [0.15, 0.2) is 53.7 Å². The maximum Gasteiger partial charge on any atom is 0.247 e. The summed E-state index contributed by atoms with van der Waals surface area (Å²) in [5.74, 6) is -0.891. The summed E-state index contributed by atoms with van der Waals surface area (Å²) in [6.45, 7) is 1.75. The predicted molar refractivity (Wildman–Crippen MR) is 91.8 cm³/mol.